The largest absolute Gasteiger partial charge is 0.478 e. The lowest BCUT2D eigenvalue weighted by Crippen LogP contribution is -2.17. The highest BCUT2D eigenvalue weighted by molar-refractivity contribution is 5.92. The topological polar surface area (TPSA) is 37.3 Å². The van der Waals surface area contributed by atoms with Crippen molar-refractivity contribution >= 4 is 5.97 Å². The monoisotopic (exact) mass is 446 g/mol. The van der Waals surface area contributed by atoms with Crippen molar-refractivity contribution in [2.45, 2.75) is 83.5 Å². The molecular weight excluding hydrogens is 413 g/mol. The summed E-state index contributed by atoms with van der Waals surface area (Å²) in [7, 11) is 0. The second kappa shape index (κ2) is 11.5. The van der Waals surface area contributed by atoms with Crippen molar-refractivity contribution in [2.75, 3.05) is 0 Å². The van der Waals surface area contributed by atoms with E-state index in [0.717, 1.165) is 37.8 Å². The van der Waals surface area contributed by atoms with Gasteiger partial charge in [-0.05, 0) is 72.4 Å². The molecule has 0 heterocycles. The standard InChI is InChI=1S/C27H33F3O2/c1-2-3-4-5-6-7-9-18-12-14-19(15-13-18)25-21(10-8-11-22(25)27(31)32)20-16-23(28)26(30)24(29)17-20/h8,10-11,16-19H,2-7,9,12-15H2,1H3,(H,31,32)/t18-,19-. The number of carboxylic acid groups (broad SMARTS) is 1. The van der Waals surface area contributed by atoms with Gasteiger partial charge in [-0.15, -0.1) is 0 Å². The molecule has 0 amide bonds. The average molecular weight is 447 g/mol. The van der Waals surface area contributed by atoms with Crippen LogP contribution in [0.5, 0.6) is 0 Å². The molecule has 0 radical (unpaired) electrons. The van der Waals surface area contributed by atoms with Crippen molar-refractivity contribution < 1.29 is 23.1 Å². The molecule has 1 fully saturated rings. The maximum Gasteiger partial charge on any atom is 0.335 e. The molecule has 0 unspecified atom stereocenters. The van der Waals surface area contributed by atoms with E-state index in [1.807, 2.05) is 0 Å². The van der Waals surface area contributed by atoms with Crippen LogP contribution in [0.15, 0.2) is 30.3 Å². The van der Waals surface area contributed by atoms with Crippen LogP contribution in [0.25, 0.3) is 11.1 Å². The van der Waals surface area contributed by atoms with Gasteiger partial charge >= 0.3 is 5.97 Å². The molecule has 5 heteroatoms. The molecule has 1 saturated carbocycles. The smallest absolute Gasteiger partial charge is 0.335 e. The first-order valence-electron chi connectivity index (χ1n) is 11.9. The van der Waals surface area contributed by atoms with Gasteiger partial charge in [-0.2, -0.15) is 0 Å². The van der Waals surface area contributed by atoms with Gasteiger partial charge in [0, 0.05) is 0 Å². The summed E-state index contributed by atoms with van der Waals surface area (Å²) in [6, 6.07) is 6.70. The molecule has 174 valence electrons. The molecule has 2 aromatic rings. The van der Waals surface area contributed by atoms with Gasteiger partial charge in [0.25, 0.3) is 0 Å². The normalized spacial score (nSPS) is 18.6. The van der Waals surface area contributed by atoms with Crippen LogP contribution < -0.4 is 0 Å². The Kier molecular flexibility index (Phi) is 8.77. The van der Waals surface area contributed by atoms with E-state index in [1.54, 1.807) is 18.2 Å². The molecule has 0 atom stereocenters. The maximum atomic E-state index is 13.9. The molecule has 1 N–H and O–H groups in total. The molecule has 1 aliphatic rings. The number of benzene rings is 2. The first-order chi connectivity index (χ1) is 15.4. The molecule has 2 nitrogen and oxygen atoms in total. The van der Waals surface area contributed by atoms with E-state index >= 15 is 0 Å². The van der Waals surface area contributed by atoms with E-state index in [4.69, 9.17) is 0 Å². The number of carboxylic acids is 1. The lowest BCUT2D eigenvalue weighted by molar-refractivity contribution is 0.0694. The van der Waals surface area contributed by atoms with Crippen LogP contribution in [-0.4, -0.2) is 11.1 Å². The zero-order valence-corrected chi connectivity index (χ0v) is 18.8. The van der Waals surface area contributed by atoms with Crippen molar-refractivity contribution in [3.05, 3.63) is 58.9 Å². The third kappa shape index (κ3) is 5.93. The Morgan fingerprint density at radius 1 is 0.938 bits per heavy atom. The fraction of sp³-hybridized carbons (Fsp3) is 0.519. The van der Waals surface area contributed by atoms with Crippen LogP contribution in [0.2, 0.25) is 0 Å². The summed E-state index contributed by atoms with van der Waals surface area (Å²) in [6.07, 6.45) is 12.6. The average Bonchev–Trinajstić information content (AvgIpc) is 2.79. The molecule has 32 heavy (non-hydrogen) atoms. The number of halogens is 3. The van der Waals surface area contributed by atoms with Crippen LogP contribution >= 0.6 is 0 Å². The molecule has 0 aliphatic heterocycles. The van der Waals surface area contributed by atoms with Crippen LogP contribution in [0.1, 0.15) is 99.4 Å². The molecule has 2 aromatic carbocycles. The predicted octanol–water partition coefficient (Wildman–Crippen LogP) is 8.49. The number of aromatic carboxylic acids is 1. The zero-order chi connectivity index (χ0) is 23.1. The fourth-order valence-electron chi connectivity index (χ4n) is 5.11. The predicted molar refractivity (Wildman–Crippen MR) is 121 cm³/mol. The Morgan fingerprint density at radius 2 is 1.56 bits per heavy atom. The van der Waals surface area contributed by atoms with Gasteiger partial charge in [0.1, 0.15) is 0 Å². The summed E-state index contributed by atoms with van der Waals surface area (Å²) >= 11 is 0. The first kappa shape index (κ1) is 24.3. The van der Waals surface area contributed by atoms with E-state index in [0.29, 0.717) is 17.0 Å². The van der Waals surface area contributed by atoms with Crippen LogP contribution in [0, 0.1) is 23.4 Å². The molecule has 3 rings (SSSR count). The third-order valence-corrected chi connectivity index (χ3v) is 6.85. The van der Waals surface area contributed by atoms with E-state index < -0.39 is 23.4 Å². The maximum absolute atomic E-state index is 13.9. The highest BCUT2D eigenvalue weighted by Crippen LogP contribution is 2.43. The van der Waals surface area contributed by atoms with Crippen LogP contribution in [0.4, 0.5) is 13.2 Å². The minimum atomic E-state index is -1.51. The number of hydrogen-bond acceptors (Lipinski definition) is 1. The van der Waals surface area contributed by atoms with Crippen molar-refractivity contribution in [2.24, 2.45) is 5.92 Å². The van der Waals surface area contributed by atoms with Crippen LogP contribution in [-0.2, 0) is 0 Å². The SMILES string of the molecule is CCCCCCCC[C@H]1CC[C@H](c2c(C(=O)O)cccc2-c2cc(F)c(F)c(F)c2)CC1. The second-order valence-electron chi connectivity index (χ2n) is 9.10. The molecule has 1 aliphatic carbocycles. The molecule has 0 saturated heterocycles. The minimum absolute atomic E-state index is 0.00859. The molecular formula is C27H33F3O2. The zero-order valence-electron chi connectivity index (χ0n) is 18.8. The van der Waals surface area contributed by atoms with Gasteiger partial charge in [-0.3, -0.25) is 0 Å². The van der Waals surface area contributed by atoms with E-state index in [9.17, 15) is 23.1 Å². The van der Waals surface area contributed by atoms with Crippen molar-refractivity contribution in [3.63, 3.8) is 0 Å². The quantitative estimate of drug-likeness (QED) is 0.293. The Labute approximate surface area is 188 Å². The number of unbranched alkanes of at least 4 members (excludes halogenated alkanes) is 5. The summed E-state index contributed by atoms with van der Waals surface area (Å²) < 4.78 is 41.3. The highest BCUT2D eigenvalue weighted by Gasteiger charge is 2.28. The summed E-state index contributed by atoms with van der Waals surface area (Å²) in [4.78, 5) is 11.9. The van der Waals surface area contributed by atoms with E-state index in [1.165, 1.54) is 44.9 Å². The number of carbonyl (C=O) groups is 1. The van der Waals surface area contributed by atoms with E-state index in [2.05, 4.69) is 6.92 Å². The van der Waals surface area contributed by atoms with Crippen molar-refractivity contribution in [1.29, 1.82) is 0 Å². The third-order valence-electron chi connectivity index (χ3n) is 6.85. The summed E-state index contributed by atoms with van der Waals surface area (Å²) in [6.45, 7) is 2.22. The van der Waals surface area contributed by atoms with Crippen LogP contribution in [0.3, 0.4) is 0 Å². The Bertz CT molecular complexity index is 894. The van der Waals surface area contributed by atoms with Crippen molar-refractivity contribution in [3.8, 4) is 11.1 Å². The van der Waals surface area contributed by atoms with Gasteiger partial charge in [-0.1, -0.05) is 64.0 Å². The van der Waals surface area contributed by atoms with E-state index in [-0.39, 0.29) is 17.0 Å². The van der Waals surface area contributed by atoms with Gasteiger partial charge in [-0.25, -0.2) is 18.0 Å². The first-order valence-corrected chi connectivity index (χ1v) is 11.9. The Morgan fingerprint density at radius 3 is 2.19 bits per heavy atom. The summed E-state index contributed by atoms with van der Waals surface area (Å²) in [5.41, 5.74) is 1.42. The molecule has 0 bridgehead atoms. The lowest BCUT2D eigenvalue weighted by atomic mass is 9.74. The fourth-order valence-corrected chi connectivity index (χ4v) is 5.11. The summed E-state index contributed by atoms with van der Waals surface area (Å²) in [5, 5.41) is 9.77. The van der Waals surface area contributed by atoms with Gasteiger partial charge in [0.15, 0.2) is 17.5 Å². The summed E-state index contributed by atoms with van der Waals surface area (Å²) in [5.74, 6) is -4.45. The highest BCUT2D eigenvalue weighted by atomic mass is 19.2. The minimum Gasteiger partial charge on any atom is -0.478 e. The van der Waals surface area contributed by atoms with Gasteiger partial charge in [0.2, 0.25) is 0 Å². The molecule has 0 aromatic heterocycles. The van der Waals surface area contributed by atoms with Crippen molar-refractivity contribution in [1.82, 2.24) is 0 Å². The lowest BCUT2D eigenvalue weighted by Gasteiger charge is -2.31. The Hall–Kier alpha value is -2.30. The van der Waals surface area contributed by atoms with Gasteiger partial charge in [0.05, 0.1) is 5.56 Å². The number of rotatable bonds is 10. The number of hydrogen-bond donors (Lipinski definition) is 1. The van der Waals surface area contributed by atoms with Gasteiger partial charge < -0.3 is 5.11 Å². The molecule has 0 spiro atoms. The second-order valence-corrected chi connectivity index (χ2v) is 9.10. The Balaban J connectivity index is 1.75.